The highest BCUT2D eigenvalue weighted by Crippen LogP contribution is 1.88. The van der Waals surface area contributed by atoms with E-state index in [1.807, 2.05) is 20.8 Å². The molecule has 1 N–H and O–H groups in total. The molecule has 0 amide bonds. The van der Waals surface area contributed by atoms with Crippen LogP contribution in [0.2, 0.25) is 0 Å². The summed E-state index contributed by atoms with van der Waals surface area (Å²) < 4.78 is 0. The molecule has 0 aromatic rings. The van der Waals surface area contributed by atoms with Crippen LogP contribution in [0.4, 0.5) is 0 Å². The maximum Gasteiger partial charge on any atom is 0.0237 e. The van der Waals surface area contributed by atoms with E-state index in [1.165, 1.54) is 5.06 Å². The molecule has 0 radical (unpaired) electrons. The molecule has 0 heterocycles. The predicted molar refractivity (Wildman–Crippen MR) is 45.3 cm³/mol. The third kappa shape index (κ3) is 10.8. The van der Waals surface area contributed by atoms with Crippen LogP contribution in [0.5, 0.6) is 0 Å². The summed E-state index contributed by atoms with van der Waals surface area (Å²) in [6, 6.07) is 0. The maximum atomic E-state index is 8.82. The average Bonchev–Trinajstić information content (AvgIpc) is 2.04. The summed E-state index contributed by atoms with van der Waals surface area (Å²) in [7, 11) is 0. The average molecular weight is 147 g/mol. The van der Waals surface area contributed by atoms with Gasteiger partial charge in [-0.15, -0.1) is 0 Å². The van der Waals surface area contributed by atoms with Crippen LogP contribution in [0.25, 0.3) is 0 Å². The lowest BCUT2D eigenvalue weighted by Crippen LogP contribution is -2.19. The van der Waals surface area contributed by atoms with Gasteiger partial charge in [0.25, 0.3) is 0 Å². The van der Waals surface area contributed by atoms with Crippen molar-refractivity contribution in [3.63, 3.8) is 0 Å². The van der Waals surface area contributed by atoms with Crippen LogP contribution in [0, 0.1) is 0 Å². The molecule has 0 aliphatic rings. The topological polar surface area (TPSA) is 23.5 Å². The van der Waals surface area contributed by atoms with E-state index in [4.69, 9.17) is 5.21 Å². The van der Waals surface area contributed by atoms with Crippen LogP contribution in [0.15, 0.2) is 0 Å². The van der Waals surface area contributed by atoms with Gasteiger partial charge in [-0.1, -0.05) is 34.1 Å². The van der Waals surface area contributed by atoms with E-state index in [0.717, 1.165) is 25.9 Å². The molecule has 0 bridgehead atoms. The zero-order chi connectivity index (χ0) is 8.41. The molecule has 0 fully saturated rings. The Morgan fingerprint density at radius 1 is 1.20 bits per heavy atom. The second kappa shape index (κ2) is 11.7. The third-order valence-corrected chi connectivity index (χ3v) is 1.13. The molecule has 0 spiro atoms. The van der Waals surface area contributed by atoms with Gasteiger partial charge in [-0.3, -0.25) is 0 Å². The Labute approximate surface area is 64.8 Å². The summed E-state index contributed by atoms with van der Waals surface area (Å²) in [4.78, 5) is 0. The Morgan fingerprint density at radius 3 is 2.00 bits per heavy atom. The summed E-state index contributed by atoms with van der Waals surface area (Å²) in [6.45, 7) is 9.60. The molecule has 0 unspecified atom stereocenters. The van der Waals surface area contributed by atoms with Crippen LogP contribution >= 0.6 is 0 Å². The number of rotatable bonds is 4. The molecule has 10 heavy (non-hydrogen) atoms. The van der Waals surface area contributed by atoms with Crippen molar-refractivity contribution in [2.75, 3.05) is 13.1 Å². The van der Waals surface area contributed by atoms with Crippen molar-refractivity contribution in [1.29, 1.82) is 0 Å². The summed E-state index contributed by atoms with van der Waals surface area (Å²) >= 11 is 0. The first-order valence-corrected chi connectivity index (χ1v) is 4.25. The zero-order valence-corrected chi connectivity index (χ0v) is 7.72. The molecule has 0 saturated heterocycles. The maximum absolute atomic E-state index is 8.82. The molecule has 0 rings (SSSR count). The van der Waals surface area contributed by atoms with Crippen LogP contribution in [0.3, 0.4) is 0 Å². The van der Waals surface area contributed by atoms with E-state index in [0.29, 0.717) is 0 Å². The van der Waals surface area contributed by atoms with Crippen LogP contribution in [-0.2, 0) is 0 Å². The molecule has 0 aliphatic heterocycles. The molecule has 0 aromatic heterocycles. The molecule has 0 atom stereocenters. The van der Waals surface area contributed by atoms with E-state index in [-0.39, 0.29) is 0 Å². The number of unbranched alkanes of at least 4 members (excludes halogenated alkanes) is 1. The number of hydrogen-bond donors (Lipinski definition) is 1. The Hall–Kier alpha value is -0.0800. The molecule has 0 aromatic carbocycles. The Balaban J connectivity index is 0. The largest absolute Gasteiger partial charge is 0.314 e. The van der Waals surface area contributed by atoms with E-state index in [1.54, 1.807) is 0 Å². The normalized spacial score (nSPS) is 9.00. The fourth-order valence-corrected chi connectivity index (χ4v) is 0.499. The number of hydroxylamine groups is 2. The number of hydrogen-bond acceptors (Lipinski definition) is 2. The van der Waals surface area contributed by atoms with Crippen molar-refractivity contribution in [2.24, 2.45) is 0 Å². The van der Waals surface area contributed by atoms with Gasteiger partial charge < -0.3 is 5.21 Å². The van der Waals surface area contributed by atoms with Crippen molar-refractivity contribution < 1.29 is 5.21 Å². The molecule has 0 saturated carbocycles. The molecule has 0 aliphatic carbocycles. The van der Waals surface area contributed by atoms with Crippen molar-refractivity contribution >= 4 is 0 Å². The predicted octanol–water partition coefficient (Wildman–Crippen LogP) is 2.52. The minimum atomic E-state index is 0.736. The van der Waals surface area contributed by atoms with Crippen molar-refractivity contribution in [2.45, 2.75) is 40.5 Å². The van der Waals surface area contributed by atoms with Gasteiger partial charge >= 0.3 is 0 Å². The minimum Gasteiger partial charge on any atom is -0.314 e. The first kappa shape index (κ1) is 12.6. The Morgan fingerprint density at radius 2 is 1.70 bits per heavy atom. The quantitative estimate of drug-likeness (QED) is 0.618. The van der Waals surface area contributed by atoms with Crippen molar-refractivity contribution in [3.8, 4) is 0 Å². The van der Waals surface area contributed by atoms with Crippen molar-refractivity contribution in [1.82, 2.24) is 5.06 Å². The lowest BCUT2D eigenvalue weighted by Gasteiger charge is -2.09. The van der Waals surface area contributed by atoms with E-state index in [9.17, 15) is 0 Å². The standard InChI is InChI=1S/C6H15NO.C2H6/c1-3-5-6-7(8)4-2;1-2/h8H,3-6H2,1-2H3;1-2H3. The Bertz CT molecular complexity index is 48.5. The first-order chi connectivity index (χ1) is 4.81. The van der Waals surface area contributed by atoms with Gasteiger partial charge in [0.2, 0.25) is 0 Å². The number of nitrogens with zero attached hydrogens (tertiary/aromatic N) is 1. The summed E-state index contributed by atoms with van der Waals surface area (Å²) in [5.41, 5.74) is 0. The van der Waals surface area contributed by atoms with Gasteiger partial charge in [0, 0.05) is 13.1 Å². The van der Waals surface area contributed by atoms with Crippen LogP contribution < -0.4 is 0 Å². The van der Waals surface area contributed by atoms with Crippen LogP contribution in [-0.4, -0.2) is 23.4 Å². The summed E-state index contributed by atoms with van der Waals surface area (Å²) in [5.74, 6) is 0. The van der Waals surface area contributed by atoms with Gasteiger partial charge in [-0.25, -0.2) is 0 Å². The lowest BCUT2D eigenvalue weighted by molar-refractivity contribution is -0.0867. The smallest absolute Gasteiger partial charge is 0.0237 e. The monoisotopic (exact) mass is 147 g/mol. The lowest BCUT2D eigenvalue weighted by atomic mass is 10.3. The second-order valence-corrected chi connectivity index (χ2v) is 1.90. The van der Waals surface area contributed by atoms with E-state index in [2.05, 4.69) is 6.92 Å². The molecule has 64 valence electrons. The van der Waals surface area contributed by atoms with Gasteiger partial charge in [0.15, 0.2) is 0 Å². The highest BCUT2D eigenvalue weighted by Gasteiger charge is 1.91. The third-order valence-electron chi connectivity index (χ3n) is 1.13. The molecular weight excluding hydrogens is 126 g/mol. The molecular formula is C8H21NO. The fourth-order valence-electron chi connectivity index (χ4n) is 0.499. The fraction of sp³-hybridized carbons (Fsp3) is 1.00. The zero-order valence-electron chi connectivity index (χ0n) is 7.72. The highest BCUT2D eigenvalue weighted by atomic mass is 16.5. The Kier molecular flexibility index (Phi) is 14.7. The summed E-state index contributed by atoms with van der Waals surface area (Å²) in [6.07, 6.45) is 2.24. The summed E-state index contributed by atoms with van der Waals surface area (Å²) in [5, 5.41) is 10.2. The second-order valence-electron chi connectivity index (χ2n) is 1.90. The molecule has 2 nitrogen and oxygen atoms in total. The van der Waals surface area contributed by atoms with Crippen molar-refractivity contribution in [3.05, 3.63) is 0 Å². The molecule has 2 heteroatoms. The van der Waals surface area contributed by atoms with E-state index >= 15 is 0 Å². The van der Waals surface area contributed by atoms with Gasteiger partial charge in [-0.2, -0.15) is 5.06 Å². The van der Waals surface area contributed by atoms with E-state index < -0.39 is 0 Å². The minimum absolute atomic E-state index is 0.736. The van der Waals surface area contributed by atoms with Gasteiger partial charge in [0.05, 0.1) is 0 Å². The SMILES string of the molecule is CC.CCCCN(O)CC. The van der Waals surface area contributed by atoms with Gasteiger partial charge in [-0.05, 0) is 6.42 Å². The first-order valence-electron chi connectivity index (χ1n) is 4.25. The van der Waals surface area contributed by atoms with Crippen LogP contribution in [0.1, 0.15) is 40.5 Å². The van der Waals surface area contributed by atoms with Gasteiger partial charge in [0.1, 0.15) is 0 Å². The highest BCUT2D eigenvalue weighted by molar-refractivity contribution is 4.38.